The third-order valence-electron chi connectivity index (χ3n) is 16.0. The van der Waals surface area contributed by atoms with E-state index >= 15 is 0 Å². The first-order chi connectivity index (χ1) is 36.8. The van der Waals surface area contributed by atoms with Crippen molar-refractivity contribution in [2.24, 2.45) is 0 Å². The minimum Gasteiger partial charge on any atom is -0.496 e. The fraction of sp³-hybridized carbons (Fsp3) is 0.412. The van der Waals surface area contributed by atoms with Crippen molar-refractivity contribution >= 4 is 6.08 Å². The van der Waals surface area contributed by atoms with E-state index in [-0.39, 0.29) is 6.42 Å². The van der Waals surface area contributed by atoms with Gasteiger partial charge in [-0.15, -0.1) is 6.58 Å². The summed E-state index contributed by atoms with van der Waals surface area (Å²) in [5.41, 5.74) is 15.5. The van der Waals surface area contributed by atoms with Gasteiger partial charge in [-0.2, -0.15) is 26.3 Å². The molecule has 3 atom stereocenters. The number of benzene rings is 6. The second-order valence-electron chi connectivity index (χ2n) is 20.8. The Balaban J connectivity index is 0.000000133. The van der Waals surface area contributed by atoms with E-state index in [1.807, 2.05) is 12.1 Å². The Morgan fingerprint density at radius 1 is 0.434 bits per heavy atom. The lowest BCUT2D eigenvalue weighted by molar-refractivity contribution is -0.153. The van der Waals surface area contributed by atoms with Gasteiger partial charge in [-0.1, -0.05) is 134 Å². The van der Waals surface area contributed by atoms with Crippen LogP contribution < -0.4 is 4.74 Å². The molecule has 0 bridgehead atoms. The van der Waals surface area contributed by atoms with Gasteiger partial charge in [-0.3, -0.25) is 0 Å². The standard InChI is InChI=1S/2C12H14.2C11H11F3.2C11H14O/c2*1-2-10-7-5-8-11-6-3-4-9-12(10)11;2*12-11(13,14)10-7-3-5-8-4-1-2-6-9(8)10;2*1-12-11-8-4-6-9-5-2-3-7-10(9)11/h2,5,7-8H,1,3-4,6,9H2;2-4,6,9-10H,1,5,7-8H2;3,5,7H,1-2,4,6H2;1-2,4,6,10H,3,5,7H2;4,6,8H,2-3,5,7H2,1H3;2-3,5,7,11H,4,6,8H2,1H3. The molecule has 0 fully saturated rings. The van der Waals surface area contributed by atoms with Crippen LogP contribution in [-0.2, 0) is 68.7 Å². The second kappa shape index (κ2) is 28.5. The van der Waals surface area contributed by atoms with Crippen LogP contribution in [0.5, 0.6) is 5.75 Å². The summed E-state index contributed by atoms with van der Waals surface area (Å²) in [6.07, 6.45) is 18.8. The van der Waals surface area contributed by atoms with Crippen molar-refractivity contribution in [2.75, 3.05) is 14.2 Å². The molecule has 0 radical (unpaired) electrons. The molecule has 3 unspecified atom stereocenters. The van der Waals surface area contributed by atoms with E-state index in [0.29, 0.717) is 36.0 Å². The zero-order valence-corrected chi connectivity index (χ0v) is 44.9. The van der Waals surface area contributed by atoms with Gasteiger partial charge < -0.3 is 9.47 Å². The lowest BCUT2D eigenvalue weighted by atomic mass is 9.82. The second-order valence-corrected chi connectivity index (χ2v) is 20.8. The molecule has 0 aliphatic heterocycles. The number of fused-ring (bicyclic) bond motifs is 6. The quantitative estimate of drug-likeness (QED) is 0.129. The monoisotopic (exact) mass is 1040 g/mol. The Morgan fingerprint density at radius 2 is 0.882 bits per heavy atom. The van der Waals surface area contributed by atoms with Crippen LogP contribution in [0.15, 0.2) is 147 Å². The third-order valence-corrected chi connectivity index (χ3v) is 16.0. The summed E-state index contributed by atoms with van der Waals surface area (Å²) < 4.78 is 86.3. The molecule has 6 aliphatic rings. The molecule has 0 N–H and O–H groups in total. The van der Waals surface area contributed by atoms with Crippen LogP contribution in [0.4, 0.5) is 26.3 Å². The Labute approximate surface area is 449 Å². The average Bonchev–Trinajstić information content (AvgIpc) is 3.46. The highest BCUT2D eigenvalue weighted by Crippen LogP contribution is 2.43. The van der Waals surface area contributed by atoms with Gasteiger partial charge in [0.1, 0.15) is 5.75 Å². The predicted octanol–water partition coefficient (Wildman–Crippen LogP) is 19.0. The van der Waals surface area contributed by atoms with Gasteiger partial charge in [0.25, 0.3) is 0 Å². The van der Waals surface area contributed by atoms with E-state index in [1.54, 1.807) is 49.6 Å². The summed E-state index contributed by atoms with van der Waals surface area (Å²) >= 11 is 0. The molecule has 6 aliphatic carbocycles. The van der Waals surface area contributed by atoms with Gasteiger partial charge >= 0.3 is 12.4 Å². The topological polar surface area (TPSA) is 18.5 Å². The normalized spacial score (nSPS) is 18.8. The van der Waals surface area contributed by atoms with Crippen molar-refractivity contribution in [3.05, 3.63) is 225 Å². The van der Waals surface area contributed by atoms with E-state index in [0.717, 1.165) is 42.6 Å². The van der Waals surface area contributed by atoms with E-state index in [2.05, 4.69) is 104 Å². The molecule has 6 aromatic carbocycles. The Morgan fingerprint density at radius 3 is 1.46 bits per heavy atom. The molecule has 8 heteroatoms. The van der Waals surface area contributed by atoms with Crippen LogP contribution in [0.2, 0.25) is 0 Å². The fourth-order valence-electron chi connectivity index (χ4n) is 12.1. The number of aryl methyl sites for hydroxylation is 6. The smallest absolute Gasteiger partial charge is 0.416 e. The fourth-order valence-corrected chi connectivity index (χ4v) is 12.1. The molecule has 404 valence electrons. The minimum absolute atomic E-state index is 0.237. The Bertz CT molecular complexity index is 2770. The minimum atomic E-state index is -4.19. The van der Waals surface area contributed by atoms with Crippen LogP contribution >= 0.6 is 0 Å². The SMILES string of the molecule is C=CC1CCCc2ccccc21.C=Cc1cccc2c1CCCC2.COC1CCCc2ccccc21.COc1cccc2c1CCCC2.FC(F)(F)C1CCCc2ccccc21.FC(F)(F)c1cccc2c1CCCC2. The summed E-state index contributed by atoms with van der Waals surface area (Å²) in [6, 6.07) is 41.6. The number of rotatable bonds is 4. The van der Waals surface area contributed by atoms with Gasteiger partial charge in [-0.25, -0.2) is 0 Å². The zero-order valence-electron chi connectivity index (χ0n) is 44.9. The van der Waals surface area contributed by atoms with Crippen LogP contribution in [0.3, 0.4) is 0 Å². The first kappa shape index (κ1) is 57.8. The van der Waals surface area contributed by atoms with Crippen molar-refractivity contribution in [3.8, 4) is 5.75 Å². The van der Waals surface area contributed by atoms with Crippen molar-refractivity contribution in [2.45, 2.75) is 165 Å². The number of ether oxygens (including phenoxy) is 2. The highest BCUT2D eigenvalue weighted by Gasteiger charge is 2.42. The average molecular weight is 1040 g/mol. The number of hydrogen-bond donors (Lipinski definition) is 0. The molecule has 0 aromatic heterocycles. The molecule has 6 aromatic rings. The van der Waals surface area contributed by atoms with E-state index in [1.165, 1.54) is 141 Å². The molecular formula is C68H78F6O2. The van der Waals surface area contributed by atoms with Gasteiger partial charge in [-0.05, 0) is 219 Å². The van der Waals surface area contributed by atoms with Crippen LogP contribution in [0, 0.1) is 0 Å². The van der Waals surface area contributed by atoms with E-state index in [4.69, 9.17) is 9.47 Å². The first-order valence-corrected chi connectivity index (χ1v) is 27.9. The maximum Gasteiger partial charge on any atom is 0.416 e. The summed E-state index contributed by atoms with van der Waals surface area (Å²) in [7, 11) is 3.55. The van der Waals surface area contributed by atoms with E-state index < -0.39 is 23.8 Å². The number of halogens is 6. The molecule has 0 amide bonds. The van der Waals surface area contributed by atoms with E-state index in [9.17, 15) is 26.3 Å². The van der Waals surface area contributed by atoms with Crippen molar-refractivity contribution in [1.29, 1.82) is 0 Å². The molecule has 12 rings (SSSR count). The van der Waals surface area contributed by atoms with Gasteiger partial charge in [0, 0.05) is 13.0 Å². The number of alkyl halides is 6. The van der Waals surface area contributed by atoms with Crippen molar-refractivity contribution < 1.29 is 35.8 Å². The number of methoxy groups -OCH3 is 2. The van der Waals surface area contributed by atoms with Crippen molar-refractivity contribution in [1.82, 2.24) is 0 Å². The van der Waals surface area contributed by atoms with Gasteiger partial charge in [0.05, 0.1) is 24.7 Å². The maximum absolute atomic E-state index is 12.6. The Kier molecular flexibility index (Phi) is 21.7. The maximum atomic E-state index is 12.6. The molecule has 0 heterocycles. The molecule has 76 heavy (non-hydrogen) atoms. The summed E-state index contributed by atoms with van der Waals surface area (Å²) in [5, 5.41) is 0. The predicted molar refractivity (Wildman–Crippen MR) is 301 cm³/mol. The number of hydrogen-bond acceptors (Lipinski definition) is 2. The highest BCUT2D eigenvalue weighted by atomic mass is 19.4. The molecule has 0 saturated heterocycles. The largest absolute Gasteiger partial charge is 0.496 e. The van der Waals surface area contributed by atoms with Crippen LogP contribution in [0.25, 0.3) is 6.08 Å². The lowest BCUT2D eigenvalue weighted by Crippen LogP contribution is -2.24. The van der Waals surface area contributed by atoms with Crippen LogP contribution in [-0.4, -0.2) is 20.4 Å². The molecule has 0 saturated carbocycles. The lowest BCUT2D eigenvalue weighted by Gasteiger charge is -2.27. The first-order valence-electron chi connectivity index (χ1n) is 27.9. The molecule has 2 nitrogen and oxygen atoms in total. The molecule has 0 spiro atoms. The Hall–Kier alpha value is -5.86. The van der Waals surface area contributed by atoms with Gasteiger partial charge in [0.2, 0.25) is 0 Å². The highest BCUT2D eigenvalue weighted by molar-refractivity contribution is 5.55. The summed E-state index contributed by atoms with van der Waals surface area (Å²) in [5.74, 6) is 0.439. The number of allylic oxidation sites excluding steroid dienone is 1. The summed E-state index contributed by atoms with van der Waals surface area (Å²) in [4.78, 5) is 0. The summed E-state index contributed by atoms with van der Waals surface area (Å²) in [6.45, 7) is 7.72. The van der Waals surface area contributed by atoms with Crippen molar-refractivity contribution in [3.63, 3.8) is 0 Å². The molecular weight excluding hydrogens is 963 g/mol. The van der Waals surface area contributed by atoms with Gasteiger partial charge in [0.15, 0.2) is 0 Å². The third kappa shape index (κ3) is 15.6. The zero-order chi connectivity index (χ0) is 53.9. The van der Waals surface area contributed by atoms with Crippen LogP contribution in [0.1, 0.15) is 173 Å².